The summed E-state index contributed by atoms with van der Waals surface area (Å²) in [5, 5.41) is 0. The van der Waals surface area contributed by atoms with Gasteiger partial charge in [0.05, 0.1) is 5.70 Å². The number of nitrogens with zero attached hydrogens (tertiary/aromatic N) is 1. The third-order valence-electron chi connectivity index (χ3n) is 1.92. The van der Waals surface area contributed by atoms with Crippen molar-refractivity contribution in [3.8, 4) is 0 Å². The molecule has 1 rings (SSSR count). The number of rotatable bonds is 3. The Morgan fingerprint density at radius 1 is 1.21 bits per heavy atom. The molecule has 0 radical (unpaired) electrons. The van der Waals surface area contributed by atoms with Crippen molar-refractivity contribution in [3.05, 3.63) is 41.5 Å². The molecule has 1 nitrogen and oxygen atoms in total. The zero-order valence-corrected chi connectivity index (χ0v) is 9.12. The molecule has 0 aromatic heterocycles. The minimum absolute atomic E-state index is 0.976. The van der Waals surface area contributed by atoms with Gasteiger partial charge in [0.2, 0.25) is 0 Å². The fraction of sp³-hybridized carbons (Fsp3) is 0.308. The molecule has 0 spiro atoms. The predicted molar refractivity (Wildman–Crippen MR) is 63.5 cm³/mol. The average Bonchev–Trinajstić information content (AvgIpc) is 2.19. The van der Waals surface area contributed by atoms with Gasteiger partial charge in [0.1, 0.15) is 0 Å². The van der Waals surface area contributed by atoms with Crippen LogP contribution in [-0.2, 0) is 0 Å². The third kappa shape index (κ3) is 2.84. The van der Waals surface area contributed by atoms with Gasteiger partial charge in [-0.2, -0.15) is 0 Å². The summed E-state index contributed by atoms with van der Waals surface area (Å²) in [7, 11) is 0. The molecule has 0 saturated heterocycles. The first kappa shape index (κ1) is 10.7. The highest BCUT2D eigenvalue weighted by molar-refractivity contribution is 5.75. The van der Waals surface area contributed by atoms with Crippen LogP contribution in [-0.4, -0.2) is 6.21 Å². The van der Waals surface area contributed by atoms with Crippen LogP contribution in [0.3, 0.4) is 0 Å². The molecule has 0 aliphatic carbocycles. The molecule has 0 unspecified atom stereocenters. The molecule has 0 fully saturated rings. The third-order valence-corrected chi connectivity index (χ3v) is 1.92. The van der Waals surface area contributed by atoms with Crippen molar-refractivity contribution in [2.24, 2.45) is 4.99 Å². The standard InChI is InChI=1S/C13H17N/c1-4-10-14-13(11(2)3)12-8-6-5-7-9-12/h5-10H,4H2,1-3H3. The van der Waals surface area contributed by atoms with Crippen LogP contribution in [0.4, 0.5) is 0 Å². The van der Waals surface area contributed by atoms with Crippen LogP contribution >= 0.6 is 0 Å². The highest BCUT2D eigenvalue weighted by Gasteiger charge is 1.99. The van der Waals surface area contributed by atoms with E-state index in [4.69, 9.17) is 0 Å². The second-order valence-electron chi connectivity index (χ2n) is 3.43. The van der Waals surface area contributed by atoms with Crippen molar-refractivity contribution >= 4 is 11.9 Å². The summed E-state index contributed by atoms with van der Waals surface area (Å²) in [5.74, 6) is 0. The van der Waals surface area contributed by atoms with Gasteiger partial charge in [-0.3, -0.25) is 4.99 Å². The summed E-state index contributed by atoms with van der Waals surface area (Å²) in [4.78, 5) is 4.47. The lowest BCUT2D eigenvalue weighted by molar-refractivity contribution is 1.29. The normalized spacial score (nSPS) is 10.5. The molecule has 0 bridgehead atoms. The first-order valence-corrected chi connectivity index (χ1v) is 5.01. The highest BCUT2D eigenvalue weighted by Crippen LogP contribution is 2.19. The van der Waals surface area contributed by atoms with E-state index < -0.39 is 0 Å². The van der Waals surface area contributed by atoms with Crippen molar-refractivity contribution in [1.29, 1.82) is 0 Å². The van der Waals surface area contributed by atoms with Gasteiger partial charge < -0.3 is 0 Å². The summed E-state index contributed by atoms with van der Waals surface area (Å²) in [6, 6.07) is 10.3. The van der Waals surface area contributed by atoms with E-state index in [0.717, 1.165) is 12.1 Å². The Kier molecular flexibility index (Phi) is 4.11. The minimum atomic E-state index is 0.976. The maximum absolute atomic E-state index is 4.47. The van der Waals surface area contributed by atoms with Crippen LogP contribution in [0.5, 0.6) is 0 Å². The summed E-state index contributed by atoms with van der Waals surface area (Å²) < 4.78 is 0. The zero-order chi connectivity index (χ0) is 10.4. The molecule has 1 heteroatoms. The van der Waals surface area contributed by atoms with E-state index in [2.05, 4.69) is 37.9 Å². The molecule has 0 saturated carbocycles. The first-order chi connectivity index (χ1) is 6.75. The van der Waals surface area contributed by atoms with Gasteiger partial charge in [-0.05, 0) is 20.3 Å². The molecule has 0 atom stereocenters. The zero-order valence-electron chi connectivity index (χ0n) is 9.12. The molecular weight excluding hydrogens is 170 g/mol. The lowest BCUT2D eigenvalue weighted by Gasteiger charge is -2.03. The number of hydrogen-bond acceptors (Lipinski definition) is 1. The van der Waals surface area contributed by atoms with Crippen molar-refractivity contribution in [3.63, 3.8) is 0 Å². The fourth-order valence-corrected chi connectivity index (χ4v) is 1.27. The summed E-state index contributed by atoms with van der Waals surface area (Å²) in [6.45, 7) is 6.28. The number of allylic oxidation sites excluding steroid dienone is 1. The lowest BCUT2D eigenvalue weighted by Crippen LogP contribution is -1.84. The van der Waals surface area contributed by atoms with E-state index in [1.54, 1.807) is 0 Å². The number of aliphatic imine (C=N–C) groups is 1. The van der Waals surface area contributed by atoms with Crippen molar-refractivity contribution in [1.82, 2.24) is 0 Å². The SMILES string of the molecule is CCC=NC(=C(C)C)c1ccccc1. The van der Waals surface area contributed by atoms with E-state index >= 15 is 0 Å². The second kappa shape index (κ2) is 5.38. The van der Waals surface area contributed by atoms with E-state index in [9.17, 15) is 0 Å². The monoisotopic (exact) mass is 187 g/mol. The maximum Gasteiger partial charge on any atom is 0.0684 e. The Hall–Kier alpha value is -1.37. The smallest absolute Gasteiger partial charge is 0.0684 e. The summed E-state index contributed by atoms with van der Waals surface area (Å²) >= 11 is 0. The van der Waals surface area contributed by atoms with E-state index in [-0.39, 0.29) is 0 Å². The molecule has 0 aliphatic rings. The minimum Gasteiger partial charge on any atom is -0.261 e. The van der Waals surface area contributed by atoms with Gasteiger partial charge in [-0.1, -0.05) is 42.8 Å². The predicted octanol–water partition coefficient (Wildman–Crippen LogP) is 3.92. The van der Waals surface area contributed by atoms with Gasteiger partial charge in [0.15, 0.2) is 0 Å². The van der Waals surface area contributed by atoms with Gasteiger partial charge >= 0.3 is 0 Å². The molecule has 1 aromatic rings. The molecule has 74 valence electrons. The topological polar surface area (TPSA) is 12.4 Å². The number of hydrogen-bond donors (Lipinski definition) is 0. The van der Waals surface area contributed by atoms with Gasteiger partial charge in [-0.25, -0.2) is 0 Å². The second-order valence-corrected chi connectivity index (χ2v) is 3.43. The fourth-order valence-electron chi connectivity index (χ4n) is 1.27. The van der Waals surface area contributed by atoms with Crippen molar-refractivity contribution in [2.75, 3.05) is 0 Å². The van der Waals surface area contributed by atoms with Crippen LogP contribution in [0.25, 0.3) is 5.70 Å². The quantitative estimate of drug-likeness (QED) is 0.636. The molecule has 0 heterocycles. The van der Waals surface area contributed by atoms with Crippen LogP contribution in [0, 0.1) is 0 Å². The Bertz CT molecular complexity index is 330. The van der Waals surface area contributed by atoms with E-state index in [0.29, 0.717) is 0 Å². The Morgan fingerprint density at radius 3 is 2.36 bits per heavy atom. The van der Waals surface area contributed by atoms with Gasteiger partial charge in [-0.15, -0.1) is 0 Å². The number of benzene rings is 1. The van der Waals surface area contributed by atoms with Crippen LogP contribution in [0.1, 0.15) is 32.8 Å². The first-order valence-electron chi connectivity index (χ1n) is 5.01. The van der Waals surface area contributed by atoms with Crippen molar-refractivity contribution < 1.29 is 0 Å². The molecule has 0 aliphatic heterocycles. The van der Waals surface area contributed by atoms with Gasteiger partial charge in [0.25, 0.3) is 0 Å². The van der Waals surface area contributed by atoms with Crippen LogP contribution in [0.15, 0.2) is 40.9 Å². The molecule has 0 amide bonds. The largest absolute Gasteiger partial charge is 0.261 e. The van der Waals surface area contributed by atoms with Crippen molar-refractivity contribution in [2.45, 2.75) is 27.2 Å². The maximum atomic E-state index is 4.47. The van der Waals surface area contributed by atoms with Crippen LogP contribution in [0.2, 0.25) is 0 Å². The Labute approximate surface area is 86.2 Å². The average molecular weight is 187 g/mol. The molecule has 14 heavy (non-hydrogen) atoms. The van der Waals surface area contributed by atoms with Gasteiger partial charge in [0, 0.05) is 11.8 Å². The van der Waals surface area contributed by atoms with E-state index in [1.165, 1.54) is 11.1 Å². The Balaban J connectivity index is 3.03. The van der Waals surface area contributed by atoms with Crippen LogP contribution < -0.4 is 0 Å². The summed E-state index contributed by atoms with van der Waals surface area (Å²) in [6.07, 6.45) is 2.93. The molecular formula is C13H17N. The highest BCUT2D eigenvalue weighted by atomic mass is 14.7. The Morgan fingerprint density at radius 2 is 1.86 bits per heavy atom. The molecule has 1 aromatic carbocycles. The lowest BCUT2D eigenvalue weighted by atomic mass is 10.1. The molecule has 0 N–H and O–H groups in total. The summed E-state index contributed by atoms with van der Waals surface area (Å²) in [5.41, 5.74) is 3.53. The van der Waals surface area contributed by atoms with E-state index in [1.807, 2.05) is 24.4 Å².